The van der Waals surface area contributed by atoms with Crippen LogP contribution in [0.3, 0.4) is 0 Å². The van der Waals surface area contributed by atoms with Crippen LogP contribution in [0.25, 0.3) is 10.4 Å². The molecule has 13 heteroatoms. The molecule has 1 rings (SSSR count). The molecule has 0 aliphatic rings. The monoisotopic (exact) mass is 578 g/mol. The van der Waals surface area contributed by atoms with Gasteiger partial charge < -0.3 is 39.6 Å². The molecule has 0 fully saturated rings. The van der Waals surface area contributed by atoms with Gasteiger partial charge in [-0.15, -0.1) is 0 Å². The highest BCUT2D eigenvalue weighted by Crippen LogP contribution is 2.18. The second-order valence-corrected chi connectivity index (χ2v) is 9.53. The molecule has 1 unspecified atom stereocenters. The molecular weight excluding hydrogens is 532 g/mol. The Morgan fingerprint density at radius 2 is 1.76 bits per heavy atom. The van der Waals surface area contributed by atoms with E-state index >= 15 is 0 Å². The minimum atomic E-state index is -0.899. The van der Waals surface area contributed by atoms with Gasteiger partial charge in [-0.3, -0.25) is 9.59 Å². The Morgan fingerprint density at radius 1 is 1.00 bits per heavy atom. The average molecular weight is 579 g/mol. The first kappa shape index (κ1) is 35.8. The smallest absolute Gasteiger partial charge is 0.246 e. The Bertz CT molecular complexity index is 938. The van der Waals surface area contributed by atoms with Crippen molar-refractivity contribution in [3.8, 4) is 5.75 Å². The highest BCUT2D eigenvalue weighted by molar-refractivity contribution is 5.90. The Hall–Kier alpha value is -3.19. The number of allylic oxidation sites excluding steroid dienone is 1. The Labute approximate surface area is 242 Å². The number of hydrogen-bond donors (Lipinski definition) is 3. The molecule has 0 aliphatic heterocycles. The molecule has 0 aliphatic carbocycles. The van der Waals surface area contributed by atoms with Gasteiger partial charge >= 0.3 is 0 Å². The molecule has 0 heterocycles. The van der Waals surface area contributed by atoms with Gasteiger partial charge in [-0.1, -0.05) is 51.0 Å². The van der Waals surface area contributed by atoms with Gasteiger partial charge in [0.1, 0.15) is 19.0 Å². The summed E-state index contributed by atoms with van der Waals surface area (Å²) in [4.78, 5) is 26.8. The summed E-state index contributed by atoms with van der Waals surface area (Å²) in [6.07, 6.45) is 3.20. The topological polar surface area (TPSA) is 165 Å². The first-order chi connectivity index (χ1) is 19.8. The molecule has 0 bridgehead atoms. The highest BCUT2D eigenvalue weighted by Gasteiger charge is 2.10. The summed E-state index contributed by atoms with van der Waals surface area (Å²) in [6, 6.07) is 7.26. The number of nitrogens with one attached hydrogen (secondary N) is 3. The molecular formula is C28H46N6O7. The van der Waals surface area contributed by atoms with Crippen LogP contribution < -0.4 is 20.7 Å². The molecule has 1 atom stereocenters. The summed E-state index contributed by atoms with van der Waals surface area (Å²) in [5.41, 5.74) is 9.38. The van der Waals surface area contributed by atoms with Crippen molar-refractivity contribution in [3.63, 3.8) is 0 Å². The zero-order chi connectivity index (χ0) is 30.1. The summed E-state index contributed by atoms with van der Waals surface area (Å²) in [6.45, 7) is 11.4. The highest BCUT2D eigenvalue weighted by atomic mass is 16.6. The standard InChI is InChI=1S/C28H46N6O7/c1-22(2)7-6-11-31-27(36)20-39-17-18-40-28(33-34-29)21-41-25-9-5-8-24(19-25)32-26(35)10-13-37-15-16-38-14-12-30-23(3)4/h5-9,19,22-23,28,30H,10-18,20-21H2,1-4H3,(H,31,36)(H,32,35)/b7-6+. The quantitative estimate of drug-likeness (QED) is 0.0552. The van der Waals surface area contributed by atoms with E-state index in [4.69, 9.17) is 29.2 Å². The van der Waals surface area contributed by atoms with Gasteiger partial charge in [0.15, 0.2) is 6.23 Å². The van der Waals surface area contributed by atoms with E-state index in [1.54, 1.807) is 24.3 Å². The van der Waals surface area contributed by atoms with Gasteiger partial charge in [-0.2, -0.15) is 0 Å². The van der Waals surface area contributed by atoms with Crippen LogP contribution in [0.2, 0.25) is 0 Å². The van der Waals surface area contributed by atoms with Crippen LogP contribution in [-0.4, -0.2) is 90.0 Å². The maximum atomic E-state index is 12.2. The summed E-state index contributed by atoms with van der Waals surface area (Å²) in [5, 5.41) is 12.4. The summed E-state index contributed by atoms with van der Waals surface area (Å²) >= 11 is 0. The number of amides is 2. The molecule has 13 nitrogen and oxygen atoms in total. The van der Waals surface area contributed by atoms with E-state index in [0.29, 0.717) is 49.8 Å². The van der Waals surface area contributed by atoms with Crippen LogP contribution in [0.5, 0.6) is 5.75 Å². The van der Waals surface area contributed by atoms with Crippen LogP contribution >= 0.6 is 0 Å². The van der Waals surface area contributed by atoms with Crippen molar-refractivity contribution < 1.29 is 33.3 Å². The number of carbonyl (C=O) groups excluding carboxylic acids is 2. The van der Waals surface area contributed by atoms with Gasteiger partial charge in [0, 0.05) is 35.8 Å². The number of carbonyl (C=O) groups is 2. The predicted molar refractivity (Wildman–Crippen MR) is 157 cm³/mol. The number of rotatable bonds is 24. The number of ether oxygens (including phenoxy) is 5. The number of benzene rings is 1. The molecule has 230 valence electrons. The van der Waals surface area contributed by atoms with Gasteiger partial charge in [-0.05, 0) is 23.6 Å². The Balaban J connectivity index is 2.25. The molecule has 41 heavy (non-hydrogen) atoms. The van der Waals surface area contributed by atoms with Crippen molar-refractivity contribution in [3.05, 3.63) is 46.9 Å². The molecule has 0 aromatic heterocycles. The first-order valence-corrected chi connectivity index (χ1v) is 13.9. The third kappa shape index (κ3) is 21.3. The summed E-state index contributed by atoms with van der Waals surface area (Å²) in [5.74, 6) is 0.459. The third-order valence-electron chi connectivity index (χ3n) is 5.04. The summed E-state index contributed by atoms with van der Waals surface area (Å²) < 4.78 is 27.4. The second kappa shape index (κ2) is 23.5. The van der Waals surface area contributed by atoms with Crippen LogP contribution in [0, 0.1) is 5.92 Å². The molecule has 1 aromatic rings. The Morgan fingerprint density at radius 3 is 2.49 bits per heavy atom. The van der Waals surface area contributed by atoms with Crippen molar-refractivity contribution >= 4 is 17.5 Å². The van der Waals surface area contributed by atoms with Gasteiger partial charge in [0.05, 0.1) is 46.1 Å². The zero-order valence-electron chi connectivity index (χ0n) is 24.7. The lowest BCUT2D eigenvalue weighted by Gasteiger charge is -2.15. The average Bonchev–Trinajstić information content (AvgIpc) is 2.92. The van der Waals surface area contributed by atoms with E-state index in [1.165, 1.54) is 0 Å². The largest absolute Gasteiger partial charge is 0.491 e. The van der Waals surface area contributed by atoms with Crippen molar-refractivity contribution in [1.82, 2.24) is 10.6 Å². The number of anilines is 1. The van der Waals surface area contributed by atoms with Gasteiger partial charge in [-0.25, -0.2) is 0 Å². The molecule has 0 radical (unpaired) electrons. The van der Waals surface area contributed by atoms with E-state index in [2.05, 4.69) is 53.7 Å². The van der Waals surface area contributed by atoms with E-state index in [-0.39, 0.29) is 51.3 Å². The third-order valence-corrected chi connectivity index (χ3v) is 5.04. The number of hydrogen-bond acceptors (Lipinski definition) is 9. The minimum Gasteiger partial charge on any atom is -0.491 e. The number of azide groups is 1. The fourth-order valence-electron chi connectivity index (χ4n) is 3.11. The normalized spacial score (nSPS) is 12.0. The van der Waals surface area contributed by atoms with Crippen molar-refractivity contribution in [1.29, 1.82) is 0 Å². The molecule has 0 saturated carbocycles. The SMILES string of the molecule is CC(C)/C=C/CNC(=O)COCCOC(COc1cccc(NC(=O)CCOCCOCCNC(C)C)c1)N=[N+]=[N-]. The first-order valence-electron chi connectivity index (χ1n) is 13.9. The van der Waals surface area contributed by atoms with Crippen LogP contribution in [0.15, 0.2) is 41.5 Å². The lowest BCUT2D eigenvalue weighted by atomic mass is 10.2. The van der Waals surface area contributed by atoms with Crippen LogP contribution in [-0.2, 0) is 28.5 Å². The molecule has 2 amide bonds. The fraction of sp³-hybridized carbons (Fsp3) is 0.643. The molecule has 3 N–H and O–H groups in total. The second-order valence-electron chi connectivity index (χ2n) is 9.53. The van der Waals surface area contributed by atoms with Crippen molar-refractivity contribution in [2.45, 2.75) is 46.4 Å². The minimum absolute atomic E-state index is 0.0480. The van der Waals surface area contributed by atoms with Gasteiger partial charge in [0.2, 0.25) is 11.8 Å². The predicted octanol–water partition coefficient (Wildman–Crippen LogP) is 3.42. The Kier molecular flexibility index (Phi) is 20.5. The van der Waals surface area contributed by atoms with Crippen molar-refractivity contribution in [2.24, 2.45) is 11.0 Å². The maximum Gasteiger partial charge on any atom is 0.246 e. The maximum absolute atomic E-state index is 12.2. The fourth-order valence-corrected chi connectivity index (χ4v) is 3.11. The summed E-state index contributed by atoms with van der Waals surface area (Å²) in [7, 11) is 0. The van der Waals surface area contributed by atoms with E-state index in [0.717, 1.165) is 6.54 Å². The number of nitrogens with zero attached hydrogens (tertiary/aromatic N) is 3. The van der Waals surface area contributed by atoms with Crippen molar-refractivity contribution in [2.75, 3.05) is 71.3 Å². The zero-order valence-corrected chi connectivity index (χ0v) is 24.7. The van der Waals surface area contributed by atoms with Crippen LogP contribution in [0.4, 0.5) is 5.69 Å². The van der Waals surface area contributed by atoms with Gasteiger partial charge in [0.25, 0.3) is 0 Å². The van der Waals surface area contributed by atoms with E-state index in [1.807, 2.05) is 12.2 Å². The lowest BCUT2D eigenvalue weighted by Crippen LogP contribution is -2.28. The molecule has 0 spiro atoms. The molecule has 1 aromatic carbocycles. The van der Waals surface area contributed by atoms with E-state index in [9.17, 15) is 9.59 Å². The van der Waals surface area contributed by atoms with E-state index < -0.39 is 6.23 Å². The van der Waals surface area contributed by atoms with Crippen LogP contribution in [0.1, 0.15) is 34.1 Å². The lowest BCUT2D eigenvalue weighted by molar-refractivity contribution is -0.126. The molecule has 0 saturated heterocycles.